The van der Waals surface area contributed by atoms with Crippen LogP contribution in [0.5, 0.6) is 0 Å². The van der Waals surface area contributed by atoms with Crippen molar-refractivity contribution in [2.24, 2.45) is 0 Å². The minimum Gasteiger partial charge on any atom is -0.369 e. The first kappa shape index (κ1) is 19.7. The molecule has 1 aliphatic rings. The Bertz CT molecular complexity index is 259. The molecule has 1 heterocycles. The molecule has 1 aliphatic heterocycles. The van der Waals surface area contributed by atoms with Crippen molar-refractivity contribution in [3.05, 3.63) is 12.2 Å². The summed E-state index contributed by atoms with van der Waals surface area (Å²) < 4.78 is 5.77. The summed E-state index contributed by atoms with van der Waals surface area (Å²) in [4.78, 5) is 0. The van der Waals surface area contributed by atoms with Crippen LogP contribution in [-0.4, -0.2) is 12.2 Å². The average Bonchev–Trinajstić information content (AvgIpc) is 3.27. The van der Waals surface area contributed by atoms with Gasteiger partial charge in [0.1, 0.15) is 0 Å². The van der Waals surface area contributed by atoms with Gasteiger partial charge in [0.05, 0.1) is 12.2 Å². The van der Waals surface area contributed by atoms with Gasteiger partial charge in [-0.25, -0.2) is 0 Å². The molecule has 1 fully saturated rings. The second-order valence-corrected chi connectivity index (χ2v) is 7.03. The number of hydrogen-bond acceptors (Lipinski definition) is 1. The average molecular weight is 309 g/mol. The zero-order valence-electron chi connectivity index (χ0n) is 15.3. The molecule has 0 aromatic heterocycles. The van der Waals surface area contributed by atoms with Crippen molar-refractivity contribution in [1.82, 2.24) is 0 Å². The third-order valence-corrected chi connectivity index (χ3v) is 4.79. The fraction of sp³-hybridized carbons (Fsp3) is 0.905. The van der Waals surface area contributed by atoms with Crippen LogP contribution in [0.15, 0.2) is 12.2 Å². The maximum Gasteiger partial charge on any atom is 0.0876 e. The van der Waals surface area contributed by atoms with E-state index in [0.717, 1.165) is 6.42 Å². The van der Waals surface area contributed by atoms with E-state index in [0.29, 0.717) is 12.2 Å². The Morgan fingerprint density at radius 2 is 1.23 bits per heavy atom. The first-order valence-corrected chi connectivity index (χ1v) is 10.2. The van der Waals surface area contributed by atoms with Crippen molar-refractivity contribution in [3.8, 4) is 0 Å². The molecule has 0 bridgehead atoms. The van der Waals surface area contributed by atoms with E-state index >= 15 is 0 Å². The van der Waals surface area contributed by atoms with Crippen LogP contribution < -0.4 is 0 Å². The maximum absolute atomic E-state index is 5.77. The lowest BCUT2D eigenvalue weighted by molar-refractivity contribution is 0.358. The van der Waals surface area contributed by atoms with E-state index in [1.54, 1.807) is 0 Å². The molecule has 0 aromatic carbocycles. The Morgan fingerprint density at radius 1 is 0.636 bits per heavy atom. The van der Waals surface area contributed by atoms with Crippen LogP contribution in [0.25, 0.3) is 0 Å². The number of allylic oxidation sites excluding steroid dienone is 1. The van der Waals surface area contributed by atoms with Gasteiger partial charge in [0, 0.05) is 0 Å². The molecule has 0 radical (unpaired) electrons. The molecule has 0 spiro atoms. The summed E-state index contributed by atoms with van der Waals surface area (Å²) in [5.41, 5.74) is 0. The molecule has 1 rings (SSSR count). The zero-order chi connectivity index (χ0) is 15.9. The summed E-state index contributed by atoms with van der Waals surface area (Å²) in [6.45, 7) is 4.55. The van der Waals surface area contributed by atoms with Crippen LogP contribution in [0, 0.1) is 0 Å². The van der Waals surface area contributed by atoms with Gasteiger partial charge in [0.2, 0.25) is 0 Å². The van der Waals surface area contributed by atoms with E-state index in [1.807, 2.05) is 0 Å². The Balaban J connectivity index is 1.78. The predicted molar refractivity (Wildman–Crippen MR) is 98.4 cm³/mol. The van der Waals surface area contributed by atoms with Crippen LogP contribution >= 0.6 is 0 Å². The Morgan fingerprint density at radius 3 is 1.91 bits per heavy atom. The number of rotatable bonds is 16. The summed E-state index contributed by atoms with van der Waals surface area (Å²) >= 11 is 0. The van der Waals surface area contributed by atoms with Crippen molar-refractivity contribution >= 4 is 0 Å². The molecule has 130 valence electrons. The largest absolute Gasteiger partial charge is 0.369 e. The fourth-order valence-electron chi connectivity index (χ4n) is 3.16. The Kier molecular flexibility index (Phi) is 12.8. The summed E-state index contributed by atoms with van der Waals surface area (Å²) in [5, 5.41) is 0. The molecule has 0 N–H and O–H groups in total. The quantitative estimate of drug-likeness (QED) is 0.167. The van der Waals surface area contributed by atoms with Crippen LogP contribution in [0.4, 0.5) is 0 Å². The third-order valence-electron chi connectivity index (χ3n) is 4.79. The summed E-state index contributed by atoms with van der Waals surface area (Å²) in [7, 11) is 0. The molecule has 1 heteroatoms. The van der Waals surface area contributed by atoms with Crippen LogP contribution in [0.1, 0.15) is 110 Å². The molecule has 0 aromatic rings. The van der Waals surface area contributed by atoms with Crippen molar-refractivity contribution in [2.45, 2.75) is 122 Å². The predicted octanol–water partition coefficient (Wildman–Crippen LogP) is 7.20. The molecule has 22 heavy (non-hydrogen) atoms. The van der Waals surface area contributed by atoms with Gasteiger partial charge in [0.25, 0.3) is 0 Å². The second kappa shape index (κ2) is 14.3. The van der Waals surface area contributed by atoms with E-state index in [2.05, 4.69) is 26.0 Å². The molecular weight excluding hydrogens is 268 g/mol. The molecule has 2 unspecified atom stereocenters. The van der Waals surface area contributed by atoms with Gasteiger partial charge < -0.3 is 4.74 Å². The lowest BCUT2D eigenvalue weighted by atomic mass is 10.0. The smallest absolute Gasteiger partial charge is 0.0876 e. The number of epoxide rings is 1. The first-order valence-electron chi connectivity index (χ1n) is 10.2. The van der Waals surface area contributed by atoms with Crippen molar-refractivity contribution in [3.63, 3.8) is 0 Å². The van der Waals surface area contributed by atoms with Crippen LogP contribution in [-0.2, 0) is 4.74 Å². The lowest BCUT2D eigenvalue weighted by Gasteiger charge is -2.01. The second-order valence-electron chi connectivity index (χ2n) is 7.03. The first-order chi connectivity index (χ1) is 10.9. The Labute approximate surface area is 139 Å². The maximum atomic E-state index is 5.77. The number of ether oxygens (including phenoxy) is 1. The Hall–Kier alpha value is -0.300. The fourth-order valence-corrected chi connectivity index (χ4v) is 3.16. The highest BCUT2D eigenvalue weighted by molar-refractivity contribution is 4.93. The van der Waals surface area contributed by atoms with E-state index in [-0.39, 0.29) is 0 Å². The highest BCUT2D eigenvalue weighted by Gasteiger charge is 2.36. The highest BCUT2D eigenvalue weighted by atomic mass is 16.6. The van der Waals surface area contributed by atoms with Crippen molar-refractivity contribution in [1.29, 1.82) is 0 Å². The minimum atomic E-state index is 0.552. The van der Waals surface area contributed by atoms with Gasteiger partial charge in [0.15, 0.2) is 0 Å². The van der Waals surface area contributed by atoms with E-state index < -0.39 is 0 Å². The van der Waals surface area contributed by atoms with E-state index in [9.17, 15) is 0 Å². The van der Waals surface area contributed by atoms with Gasteiger partial charge >= 0.3 is 0 Å². The lowest BCUT2D eigenvalue weighted by Crippen LogP contribution is -1.93. The number of unbranched alkanes of at least 4 members (excludes halogenated alkanes) is 11. The molecule has 0 saturated carbocycles. The van der Waals surface area contributed by atoms with Crippen molar-refractivity contribution < 1.29 is 4.74 Å². The van der Waals surface area contributed by atoms with Crippen molar-refractivity contribution in [2.75, 3.05) is 0 Å². The zero-order valence-corrected chi connectivity index (χ0v) is 15.3. The third kappa shape index (κ3) is 11.3. The van der Waals surface area contributed by atoms with Gasteiger partial charge in [-0.15, -0.1) is 0 Å². The topological polar surface area (TPSA) is 12.5 Å². The van der Waals surface area contributed by atoms with Gasteiger partial charge in [-0.3, -0.25) is 0 Å². The molecule has 2 atom stereocenters. The van der Waals surface area contributed by atoms with E-state index in [1.165, 1.54) is 89.9 Å². The normalized spacial score (nSPS) is 20.8. The standard InChI is InChI=1S/C21H40O/c1-3-5-7-9-11-12-13-15-17-19-21-20(22-21)18-16-14-10-8-6-4-2/h14,16,20-21H,3-13,15,17-19H2,1-2H3/b16-14-. The molecule has 0 amide bonds. The summed E-state index contributed by atoms with van der Waals surface area (Å²) in [6.07, 6.45) is 26.4. The summed E-state index contributed by atoms with van der Waals surface area (Å²) in [5.74, 6) is 0. The van der Waals surface area contributed by atoms with Crippen LogP contribution in [0.3, 0.4) is 0 Å². The van der Waals surface area contributed by atoms with Gasteiger partial charge in [-0.05, 0) is 25.7 Å². The highest BCUT2D eigenvalue weighted by Crippen LogP contribution is 2.30. The minimum absolute atomic E-state index is 0.552. The van der Waals surface area contributed by atoms with Gasteiger partial charge in [-0.2, -0.15) is 0 Å². The number of hydrogen-bond donors (Lipinski definition) is 0. The molecule has 1 nitrogen and oxygen atoms in total. The van der Waals surface area contributed by atoms with E-state index in [4.69, 9.17) is 4.74 Å². The van der Waals surface area contributed by atoms with Crippen LogP contribution in [0.2, 0.25) is 0 Å². The van der Waals surface area contributed by atoms with Gasteiger partial charge in [-0.1, -0.05) is 96.6 Å². The molecular formula is C21H40O. The SMILES string of the molecule is CCCCC/C=C\CC1OC1CCCCCCCCCCC. The summed E-state index contributed by atoms with van der Waals surface area (Å²) in [6, 6.07) is 0. The molecule has 1 saturated heterocycles. The molecule has 0 aliphatic carbocycles. The monoisotopic (exact) mass is 308 g/mol.